The van der Waals surface area contributed by atoms with Gasteiger partial charge in [-0.25, -0.2) is 17.6 Å². The fraction of sp³-hybridized carbons (Fsp3) is 0.714. The highest BCUT2D eigenvalue weighted by atomic mass is 19.3. The van der Waals surface area contributed by atoms with Crippen molar-refractivity contribution in [3.63, 3.8) is 0 Å². The van der Waals surface area contributed by atoms with Crippen LogP contribution in [0, 0.1) is 5.92 Å². The Morgan fingerprint density at radius 2 is 1.92 bits per heavy atom. The zero-order valence-electron chi connectivity index (χ0n) is 6.41. The van der Waals surface area contributed by atoms with Crippen molar-refractivity contribution in [2.75, 3.05) is 6.67 Å². The van der Waals surface area contributed by atoms with Crippen LogP contribution < -0.4 is 0 Å². The molecule has 0 bridgehead atoms. The normalized spacial score (nSPS) is 18.2. The molecule has 0 nitrogen and oxygen atoms in total. The Hall–Kier alpha value is -0.610. The standard InChI is InChI=1S/C7H9F5/c1-5(4-9)7(11,12)6(10)2-3-8/h2-3,5-6H,4H2,1H3. The molecule has 0 aliphatic rings. The average Bonchev–Trinajstić information content (AvgIpc) is 2.03. The monoisotopic (exact) mass is 188 g/mol. The molecule has 0 heterocycles. The van der Waals surface area contributed by atoms with E-state index in [1.54, 1.807) is 0 Å². The van der Waals surface area contributed by atoms with Gasteiger partial charge in [0.1, 0.15) is 0 Å². The second-order valence-electron chi connectivity index (χ2n) is 2.45. The van der Waals surface area contributed by atoms with Gasteiger partial charge in [-0.2, -0.15) is 0 Å². The van der Waals surface area contributed by atoms with Gasteiger partial charge in [-0.05, 0) is 6.08 Å². The van der Waals surface area contributed by atoms with Crippen LogP contribution in [0.3, 0.4) is 0 Å². The summed E-state index contributed by atoms with van der Waals surface area (Å²) in [5.74, 6) is -5.60. The summed E-state index contributed by atoms with van der Waals surface area (Å²) in [5, 5.41) is 0. The van der Waals surface area contributed by atoms with E-state index in [1.165, 1.54) is 0 Å². The quantitative estimate of drug-likeness (QED) is 0.595. The summed E-state index contributed by atoms with van der Waals surface area (Å²) in [6.07, 6.45) is -3.02. The Bertz CT molecular complexity index is 154. The van der Waals surface area contributed by atoms with Crippen molar-refractivity contribution >= 4 is 0 Å². The van der Waals surface area contributed by atoms with Crippen LogP contribution in [0.15, 0.2) is 12.4 Å². The van der Waals surface area contributed by atoms with Gasteiger partial charge in [-0.3, -0.25) is 4.39 Å². The molecule has 2 atom stereocenters. The minimum absolute atomic E-state index is 0.0617. The smallest absolute Gasteiger partial charge is 0.251 e. The fourth-order valence-corrected chi connectivity index (χ4v) is 0.567. The van der Waals surface area contributed by atoms with E-state index in [9.17, 15) is 22.0 Å². The van der Waals surface area contributed by atoms with E-state index in [-0.39, 0.29) is 12.4 Å². The molecule has 0 saturated carbocycles. The van der Waals surface area contributed by atoms with E-state index in [4.69, 9.17) is 0 Å². The van der Waals surface area contributed by atoms with Crippen LogP contribution in [0.5, 0.6) is 0 Å². The van der Waals surface area contributed by atoms with Crippen LogP contribution in [0.2, 0.25) is 0 Å². The van der Waals surface area contributed by atoms with Gasteiger partial charge in [0.25, 0.3) is 5.92 Å². The molecule has 0 amide bonds. The first kappa shape index (κ1) is 11.4. The highest BCUT2D eigenvalue weighted by molar-refractivity contribution is 4.95. The maximum atomic E-state index is 12.6. The third kappa shape index (κ3) is 2.46. The fourth-order valence-electron chi connectivity index (χ4n) is 0.567. The van der Waals surface area contributed by atoms with E-state index in [0.717, 1.165) is 6.92 Å². The van der Waals surface area contributed by atoms with Crippen molar-refractivity contribution in [2.24, 2.45) is 5.92 Å². The molecule has 0 fully saturated rings. The molecule has 0 spiro atoms. The van der Waals surface area contributed by atoms with E-state index in [0.29, 0.717) is 0 Å². The number of hydrogen-bond acceptors (Lipinski definition) is 0. The van der Waals surface area contributed by atoms with E-state index >= 15 is 0 Å². The SMILES string of the molecule is CC(CF)C(F)(F)C(F)C=CF. The van der Waals surface area contributed by atoms with Gasteiger partial charge >= 0.3 is 0 Å². The first-order valence-electron chi connectivity index (χ1n) is 3.31. The number of alkyl halides is 4. The zero-order chi connectivity index (χ0) is 9.78. The second-order valence-corrected chi connectivity index (χ2v) is 2.45. The van der Waals surface area contributed by atoms with Crippen molar-refractivity contribution < 1.29 is 22.0 Å². The molecular formula is C7H9F5. The molecule has 0 saturated heterocycles. The Kier molecular flexibility index (Phi) is 4.20. The van der Waals surface area contributed by atoms with Gasteiger partial charge in [0.05, 0.1) is 18.9 Å². The maximum Gasteiger partial charge on any atom is 0.287 e. The summed E-state index contributed by atoms with van der Waals surface area (Å²) < 4.78 is 60.5. The van der Waals surface area contributed by atoms with Gasteiger partial charge in [0.15, 0.2) is 6.17 Å². The molecule has 0 N–H and O–H groups in total. The van der Waals surface area contributed by atoms with E-state index in [1.807, 2.05) is 0 Å². The number of allylic oxidation sites excluding steroid dienone is 1. The molecule has 2 unspecified atom stereocenters. The molecule has 12 heavy (non-hydrogen) atoms. The van der Waals surface area contributed by atoms with Crippen molar-refractivity contribution in [1.82, 2.24) is 0 Å². The van der Waals surface area contributed by atoms with Gasteiger partial charge in [0.2, 0.25) is 0 Å². The number of halogens is 5. The minimum Gasteiger partial charge on any atom is -0.251 e. The van der Waals surface area contributed by atoms with Crippen LogP contribution in [0.25, 0.3) is 0 Å². The second kappa shape index (κ2) is 4.42. The third-order valence-electron chi connectivity index (χ3n) is 1.50. The van der Waals surface area contributed by atoms with E-state index < -0.39 is 24.7 Å². The lowest BCUT2D eigenvalue weighted by Gasteiger charge is -2.22. The lowest BCUT2D eigenvalue weighted by Crippen LogP contribution is -2.36. The predicted octanol–water partition coefficient (Wildman–Crippen LogP) is 3.05. The number of hydrogen-bond donors (Lipinski definition) is 0. The largest absolute Gasteiger partial charge is 0.287 e. The number of rotatable bonds is 4. The van der Waals surface area contributed by atoms with Gasteiger partial charge in [0, 0.05) is 0 Å². The minimum atomic E-state index is -3.85. The molecule has 0 rings (SSSR count). The molecule has 72 valence electrons. The van der Waals surface area contributed by atoms with Crippen molar-refractivity contribution in [3.8, 4) is 0 Å². The molecule has 0 aromatic rings. The summed E-state index contributed by atoms with van der Waals surface area (Å²) in [4.78, 5) is 0. The van der Waals surface area contributed by atoms with Crippen molar-refractivity contribution in [2.45, 2.75) is 19.0 Å². The molecule has 0 radical (unpaired) electrons. The molecule has 0 aliphatic heterocycles. The molecular weight excluding hydrogens is 179 g/mol. The van der Waals surface area contributed by atoms with Crippen LogP contribution in [0.1, 0.15) is 6.92 Å². The topological polar surface area (TPSA) is 0 Å². The highest BCUT2D eigenvalue weighted by Crippen LogP contribution is 2.31. The summed E-state index contributed by atoms with van der Waals surface area (Å²) >= 11 is 0. The predicted molar refractivity (Wildman–Crippen MR) is 35.2 cm³/mol. The van der Waals surface area contributed by atoms with Crippen LogP contribution in [-0.4, -0.2) is 18.8 Å². The van der Waals surface area contributed by atoms with Gasteiger partial charge in [-0.1, -0.05) is 6.92 Å². The molecule has 0 aromatic heterocycles. The Morgan fingerprint density at radius 1 is 1.42 bits per heavy atom. The summed E-state index contributed by atoms with van der Waals surface area (Å²) in [6.45, 7) is -0.480. The Morgan fingerprint density at radius 3 is 2.25 bits per heavy atom. The molecule has 5 heteroatoms. The van der Waals surface area contributed by atoms with Crippen molar-refractivity contribution in [3.05, 3.63) is 12.4 Å². The lowest BCUT2D eigenvalue weighted by molar-refractivity contribution is -0.102. The summed E-state index contributed by atoms with van der Waals surface area (Å²) in [6, 6.07) is 0. The first-order valence-corrected chi connectivity index (χ1v) is 3.31. The van der Waals surface area contributed by atoms with Crippen LogP contribution in [-0.2, 0) is 0 Å². The first-order chi connectivity index (χ1) is 5.46. The Balaban J connectivity index is 4.36. The van der Waals surface area contributed by atoms with E-state index in [2.05, 4.69) is 0 Å². The van der Waals surface area contributed by atoms with Gasteiger partial charge in [-0.15, -0.1) is 0 Å². The maximum absolute atomic E-state index is 12.6. The molecule has 0 aliphatic carbocycles. The third-order valence-corrected chi connectivity index (χ3v) is 1.50. The zero-order valence-corrected chi connectivity index (χ0v) is 6.41. The summed E-state index contributed by atoms with van der Waals surface area (Å²) in [5.41, 5.74) is 0. The van der Waals surface area contributed by atoms with Crippen molar-refractivity contribution in [1.29, 1.82) is 0 Å². The summed E-state index contributed by atoms with van der Waals surface area (Å²) in [7, 11) is 0. The van der Waals surface area contributed by atoms with Crippen LogP contribution in [0.4, 0.5) is 22.0 Å². The molecule has 0 aromatic carbocycles. The van der Waals surface area contributed by atoms with Gasteiger partial charge < -0.3 is 0 Å². The van der Waals surface area contributed by atoms with Crippen LogP contribution >= 0.6 is 0 Å². The lowest BCUT2D eigenvalue weighted by atomic mass is 10.0. The average molecular weight is 188 g/mol. The highest BCUT2D eigenvalue weighted by Gasteiger charge is 2.44. The Labute approximate surface area is 67.1 Å².